The lowest BCUT2D eigenvalue weighted by Crippen LogP contribution is -2.43. The van der Waals surface area contributed by atoms with Gasteiger partial charge in [0.05, 0.1) is 11.4 Å². The SMILES string of the molecule is Cc1cccc(NC(=O)[C@H]2OC(C)(C)O[C@@H]2C(=O)Nc2cccc(C)c2O)c1O. The molecule has 154 valence electrons. The number of anilines is 2. The molecule has 0 spiro atoms. The summed E-state index contributed by atoms with van der Waals surface area (Å²) in [5, 5.41) is 25.4. The van der Waals surface area contributed by atoms with E-state index in [1.54, 1.807) is 64.1 Å². The molecule has 0 aromatic heterocycles. The Hall–Kier alpha value is -3.10. The fourth-order valence-electron chi connectivity index (χ4n) is 3.07. The van der Waals surface area contributed by atoms with Crippen molar-refractivity contribution in [2.75, 3.05) is 10.6 Å². The third-order valence-electron chi connectivity index (χ3n) is 4.60. The monoisotopic (exact) mass is 400 g/mol. The molecule has 2 aromatic rings. The van der Waals surface area contributed by atoms with Crippen molar-refractivity contribution in [3.63, 3.8) is 0 Å². The van der Waals surface area contributed by atoms with Gasteiger partial charge in [-0.05, 0) is 51.0 Å². The molecule has 0 saturated carbocycles. The molecule has 3 rings (SSSR count). The Balaban J connectivity index is 1.81. The molecule has 2 aromatic carbocycles. The van der Waals surface area contributed by atoms with Crippen molar-refractivity contribution in [3.05, 3.63) is 47.5 Å². The molecule has 1 aliphatic rings. The van der Waals surface area contributed by atoms with Crippen molar-refractivity contribution < 1.29 is 29.3 Å². The lowest BCUT2D eigenvalue weighted by molar-refractivity contribution is -0.156. The highest BCUT2D eigenvalue weighted by Gasteiger charge is 2.49. The van der Waals surface area contributed by atoms with E-state index >= 15 is 0 Å². The van der Waals surface area contributed by atoms with Crippen LogP contribution < -0.4 is 10.6 Å². The fraction of sp³-hybridized carbons (Fsp3) is 0.333. The summed E-state index contributed by atoms with van der Waals surface area (Å²) in [5.41, 5.74) is 1.60. The molecule has 29 heavy (non-hydrogen) atoms. The summed E-state index contributed by atoms with van der Waals surface area (Å²) in [6.07, 6.45) is -2.51. The number of nitrogens with one attached hydrogen (secondary N) is 2. The van der Waals surface area contributed by atoms with Gasteiger partial charge in [0.1, 0.15) is 11.5 Å². The van der Waals surface area contributed by atoms with Gasteiger partial charge < -0.3 is 30.3 Å². The Morgan fingerprint density at radius 1 is 0.828 bits per heavy atom. The summed E-state index contributed by atoms with van der Waals surface area (Å²) in [6.45, 7) is 6.59. The number of phenolic OH excluding ortho intramolecular Hbond substituents is 2. The zero-order valence-electron chi connectivity index (χ0n) is 16.6. The van der Waals surface area contributed by atoms with E-state index in [1.165, 1.54) is 0 Å². The number of phenols is 2. The van der Waals surface area contributed by atoms with Crippen LogP contribution in [0.2, 0.25) is 0 Å². The average Bonchev–Trinajstić information content (AvgIpc) is 2.99. The summed E-state index contributed by atoms with van der Waals surface area (Å²) < 4.78 is 11.3. The second-order valence-electron chi connectivity index (χ2n) is 7.40. The molecule has 4 N–H and O–H groups in total. The number of ether oxygens (including phenoxy) is 2. The van der Waals surface area contributed by atoms with Crippen LogP contribution in [0.4, 0.5) is 11.4 Å². The smallest absolute Gasteiger partial charge is 0.257 e. The van der Waals surface area contributed by atoms with E-state index < -0.39 is 29.8 Å². The Labute approximate surface area is 168 Å². The molecule has 1 aliphatic heterocycles. The molecule has 1 saturated heterocycles. The number of aromatic hydroxyl groups is 2. The first kappa shape index (κ1) is 20.6. The lowest BCUT2D eigenvalue weighted by atomic mass is 10.1. The van der Waals surface area contributed by atoms with Crippen LogP contribution in [0.25, 0.3) is 0 Å². The predicted octanol–water partition coefficient (Wildman–Crippen LogP) is 2.81. The first-order valence-electron chi connectivity index (χ1n) is 9.13. The van der Waals surface area contributed by atoms with E-state index in [2.05, 4.69) is 10.6 Å². The minimum absolute atomic E-state index is 0.0651. The van der Waals surface area contributed by atoms with Gasteiger partial charge in [-0.2, -0.15) is 0 Å². The Bertz CT molecular complexity index is 881. The maximum absolute atomic E-state index is 12.8. The summed E-state index contributed by atoms with van der Waals surface area (Å²) in [6, 6.07) is 9.86. The highest BCUT2D eigenvalue weighted by molar-refractivity contribution is 6.03. The first-order valence-corrected chi connectivity index (χ1v) is 9.13. The van der Waals surface area contributed by atoms with Gasteiger partial charge in [-0.3, -0.25) is 9.59 Å². The van der Waals surface area contributed by atoms with E-state index in [9.17, 15) is 19.8 Å². The number of benzene rings is 2. The molecule has 1 fully saturated rings. The van der Waals surface area contributed by atoms with Gasteiger partial charge in [-0.15, -0.1) is 0 Å². The zero-order chi connectivity index (χ0) is 21.3. The van der Waals surface area contributed by atoms with Crippen LogP contribution in [-0.2, 0) is 19.1 Å². The van der Waals surface area contributed by atoms with Crippen LogP contribution in [0, 0.1) is 13.8 Å². The Morgan fingerprint density at radius 2 is 1.21 bits per heavy atom. The number of para-hydroxylation sites is 2. The van der Waals surface area contributed by atoms with Crippen LogP contribution in [0.15, 0.2) is 36.4 Å². The molecule has 1 heterocycles. The van der Waals surface area contributed by atoms with Gasteiger partial charge in [-0.25, -0.2) is 0 Å². The normalized spacial score (nSPS) is 20.3. The third-order valence-corrected chi connectivity index (χ3v) is 4.60. The van der Waals surface area contributed by atoms with Crippen LogP contribution in [0.1, 0.15) is 25.0 Å². The summed E-state index contributed by atoms with van der Waals surface area (Å²) >= 11 is 0. The van der Waals surface area contributed by atoms with Crippen molar-refractivity contribution >= 4 is 23.2 Å². The maximum Gasteiger partial charge on any atom is 0.257 e. The fourth-order valence-corrected chi connectivity index (χ4v) is 3.07. The van der Waals surface area contributed by atoms with Gasteiger partial charge in [-0.1, -0.05) is 24.3 Å². The number of amides is 2. The summed E-state index contributed by atoms with van der Waals surface area (Å²) in [5.74, 6) is -2.57. The quantitative estimate of drug-likeness (QED) is 0.587. The number of aryl methyl sites for hydroxylation is 2. The van der Waals surface area contributed by atoms with Gasteiger partial charge in [0.2, 0.25) is 0 Å². The van der Waals surface area contributed by atoms with Gasteiger partial charge in [0, 0.05) is 0 Å². The highest BCUT2D eigenvalue weighted by atomic mass is 16.8. The Morgan fingerprint density at radius 3 is 1.59 bits per heavy atom. The number of carbonyl (C=O) groups excluding carboxylic acids is 2. The van der Waals surface area contributed by atoms with Crippen LogP contribution in [0.3, 0.4) is 0 Å². The van der Waals surface area contributed by atoms with Crippen molar-refractivity contribution in [1.29, 1.82) is 0 Å². The second-order valence-corrected chi connectivity index (χ2v) is 7.40. The second kappa shape index (κ2) is 7.73. The van der Waals surface area contributed by atoms with E-state index in [-0.39, 0.29) is 22.9 Å². The molecule has 0 radical (unpaired) electrons. The number of carbonyl (C=O) groups is 2. The van der Waals surface area contributed by atoms with Crippen LogP contribution in [0.5, 0.6) is 11.5 Å². The van der Waals surface area contributed by atoms with E-state index in [0.717, 1.165) is 0 Å². The van der Waals surface area contributed by atoms with E-state index in [4.69, 9.17) is 9.47 Å². The molecule has 2 amide bonds. The number of hydrogen-bond donors (Lipinski definition) is 4. The maximum atomic E-state index is 12.8. The average molecular weight is 400 g/mol. The third kappa shape index (κ3) is 4.33. The highest BCUT2D eigenvalue weighted by Crippen LogP contribution is 2.33. The predicted molar refractivity (Wildman–Crippen MR) is 107 cm³/mol. The van der Waals surface area contributed by atoms with Crippen LogP contribution in [-0.4, -0.2) is 40.0 Å². The minimum Gasteiger partial charge on any atom is -0.505 e. The zero-order valence-corrected chi connectivity index (χ0v) is 16.6. The summed E-state index contributed by atoms with van der Waals surface area (Å²) in [7, 11) is 0. The van der Waals surface area contributed by atoms with Crippen molar-refractivity contribution in [3.8, 4) is 11.5 Å². The largest absolute Gasteiger partial charge is 0.505 e. The van der Waals surface area contributed by atoms with Crippen molar-refractivity contribution in [2.24, 2.45) is 0 Å². The van der Waals surface area contributed by atoms with Crippen molar-refractivity contribution in [1.82, 2.24) is 0 Å². The van der Waals surface area contributed by atoms with E-state index in [0.29, 0.717) is 11.1 Å². The van der Waals surface area contributed by atoms with Crippen LogP contribution >= 0.6 is 0 Å². The Kier molecular flexibility index (Phi) is 5.50. The lowest BCUT2D eigenvalue weighted by Gasteiger charge is -2.18. The molecular weight excluding hydrogens is 376 g/mol. The van der Waals surface area contributed by atoms with Gasteiger partial charge >= 0.3 is 0 Å². The number of hydrogen-bond acceptors (Lipinski definition) is 6. The molecular formula is C21H24N2O6. The summed E-state index contributed by atoms with van der Waals surface area (Å²) in [4.78, 5) is 25.6. The molecule has 0 unspecified atom stereocenters. The standard InChI is InChI=1S/C21H24N2O6/c1-11-7-5-9-13(15(11)24)22-19(26)17-18(29-21(3,4)28-17)20(27)23-14-10-6-8-12(2)16(14)25/h5-10,17-18,24-25H,1-4H3,(H,22,26)(H,23,27)/t17-,18-/m0/s1. The van der Waals surface area contributed by atoms with E-state index in [1.807, 2.05) is 0 Å². The number of rotatable bonds is 4. The van der Waals surface area contributed by atoms with Gasteiger partial charge in [0.15, 0.2) is 18.0 Å². The van der Waals surface area contributed by atoms with Crippen molar-refractivity contribution in [2.45, 2.75) is 45.7 Å². The minimum atomic E-state index is -1.25. The molecule has 8 heteroatoms. The molecule has 2 atom stereocenters. The molecule has 8 nitrogen and oxygen atoms in total. The molecule has 0 aliphatic carbocycles. The topological polar surface area (TPSA) is 117 Å². The van der Waals surface area contributed by atoms with Gasteiger partial charge in [0.25, 0.3) is 11.8 Å². The molecule has 0 bridgehead atoms. The first-order chi connectivity index (χ1) is 13.6.